The Morgan fingerprint density at radius 3 is 2.82 bits per heavy atom. The molecule has 1 aromatic heterocycles. The average Bonchev–Trinajstić information content (AvgIpc) is 2.35. The Hall–Kier alpha value is -1.24. The lowest BCUT2D eigenvalue weighted by atomic mass is 10.2. The zero-order valence-electron chi connectivity index (χ0n) is 9.23. The number of rotatable bonds is 4. The minimum atomic E-state index is -0.373. The van der Waals surface area contributed by atoms with E-state index in [0.717, 1.165) is 9.81 Å². The summed E-state index contributed by atoms with van der Waals surface area (Å²) in [5, 5.41) is 0.809. The molecule has 0 atom stereocenters. The number of hydrogen-bond donors (Lipinski definition) is 0. The summed E-state index contributed by atoms with van der Waals surface area (Å²) in [6, 6.07) is 6.56. The molecule has 1 aromatic carbocycles. The molecule has 0 aliphatic carbocycles. The predicted molar refractivity (Wildman–Crippen MR) is 73.4 cm³/mol. The minimum absolute atomic E-state index is 0.373. The van der Waals surface area contributed by atoms with Gasteiger partial charge in [-0.2, -0.15) is 0 Å². The van der Waals surface area contributed by atoms with Crippen LogP contribution in [0, 0.1) is 0 Å². The van der Waals surface area contributed by atoms with E-state index in [1.165, 1.54) is 6.07 Å². The van der Waals surface area contributed by atoms with Gasteiger partial charge in [0, 0.05) is 21.9 Å². The maximum absolute atomic E-state index is 11.1. The van der Waals surface area contributed by atoms with Crippen molar-refractivity contribution in [3.63, 3.8) is 0 Å². The lowest BCUT2D eigenvalue weighted by Gasteiger charge is -2.10. The Balaban J connectivity index is 2.53. The first kappa shape index (κ1) is 12.2. The molecule has 0 aliphatic rings. The molecule has 4 nitrogen and oxygen atoms in total. The summed E-state index contributed by atoms with van der Waals surface area (Å²) < 4.78 is 16.7. The van der Waals surface area contributed by atoms with Crippen molar-refractivity contribution in [3.8, 4) is 11.5 Å². The fourth-order valence-corrected chi connectivity index (χ4v) is 1.72. The van der Waals surface area contributed by atoms with Crippen molar-refractivity contribution in [2.75, 3.05) is 18.1 Å². The standard InChI is InChI=1S/C12H11IO4/c1-15-10-6-8-2-3-12(14)17-9(8)7-11(10)16-5-4-13/h2-3,6-7H,4-5H2,1H3. The highest BCUT2D eigenvalue weighted by Crippen LogP contribution is 2.31. The van der Waals surface area contributed by atoms with E-state index in [0.29, 0.717) is 23.7 Å². The van der Waals surface area contributed by atoms with Crippen molar-refractivity contribution in [1.82, 2.24) is 0 Å². The molecule has 0 amide bonds. The van der Waals surface area contributed by atoms with E-state index in [-0.39, 0.29) is 5.63 Å². The summed E-state index contributed by atoms with van der Waals surface area (Å²) >= 11 is 2.22. The molecule has 5 heteroatoms. The monoisotopic (exact) mass is 346 g/mol. The van der Waals surface area contributed by atoms with Crippen LogP contribution in [0.2, 0.25) is 0 Å². The second-order valence-corrected chi connectivity index (χ2v) is 4.41. The molecule has 2 rings (SSSR count). The normalized spacial score (nSPS) is 10.5. The first-order valence-electron chi connectivity index (χ1n) is 5.05. The van der Waals surface area contributed by atoms with E-state index in [2.05, 4.69) is 22.6 Å². The van der Waals surface area contributed by atoms with Gasteiger partial charge in [-0.1, -0.05) is 22.6 Å². The van der Waals surface area contributed by atoms with Crippen molar-refractivity contribution >= 4 is 33.6 Å². The highest BCUT2D eigenvalue weighted by atomic mass is 127. The summed E-state index contributed by atoms with van der Waals surface area (Å²) in [6.07, 6.45) is 0. The van der Waals surface area contributed by atoms with E-state index in [1.54, 1.807) is 25.3 Å². The van der Waals surface area contributed by atoms with Crippen LogP contribution in [0.5, 0.6) is 11.5 Å². The Kier molecular flexibility index (Phi) is 3.88. The highest BCUT2D eigenvalue weighted by Gasteiger charge is 2.08. The van der Waals surface area contributed by atoms with Gasteiger partial charge < -0.3 is 13.9 Å². The van der Waals surface area contributed by atoms with Crippen LogP contribution in [0.3, 0.4) is 0 Å². The van der Waals surface area contributed by atoms with Gasteiger partial charge >= 0.3 is 5.63 Å². The maximum Gasteiger partial charge on any atom is 0.336 e. The van der Waals surface area contributed by atoms with Gasteiger partial charge in [-0.25, -0.2) is 4.79 Å². The van der Waals surface area contributed by atoms with Gasteiger partial charge in [-0.05, 0) is 12.1 Å². The zero-order valence-corrected chi connectivity index (χ0v) is 11.4. The Morgan fingerprint density at radius 1 is 1.29 bits per heavy atom. The molecule has 0 spiro atoms. The van der Waals surface area contributed by atoms with E-state index < -0.39 is 0 Å². The third-order valence-corrected chi connectivity index (χ3v) is 2.68. The lowest BCUT2D eigenvalue weighted by molar-refractivity contribution is 0.315. The number of alkyl halides is 1. The molecular formula is C12H11IO4. The van der Waals surface area contributed by atoms with Gasteiger partial charge in [0.2, 0.25) is 0 Å². The van der Waals surface area contributed by atoms with Crippen molar-refractivity contribution in [3.05, 3.63) is 34.7 Å². The number of fused-ring (bicyclic) bond motifs is 1. The van der Waals surface area contributed by atoms with Gasteiger partial charge in [-0.15, -0.1) is 0 Å². The number of hydrogen-bond acceptors (Lipinski definition) is 4. The molecule has 0 bridgehead atoms. The summed E-state index contributed by atoms with van der Waals surface area (Å²) in [7, 11) is 1.58. The number of halogens is 1. The van der Waals surface area contributed by atoms with Crippen LogP contribution in [-0.4, -0.2) is 18.1 Å². The first-order chi connectivity index (χ1) is 8.24. The average molecular weight is 346 g/mol. The maximum atomic E-state index is 11.1. The molecule has 0 saturated carbocycles. The number of ether oxygens (including phenoxy) is 2. The quantitative estimate of drug-likeness (QED) is 0.485. The zero-order chi connectivity index (χ0) is 12.3. The Bertz CT molecular complexity index is 576. The molecule has 90 valence electrons. The molecule has 17 heavy (non-hydrogen) atoms. The molecule has 0 N–H and O–H groups in total. The molecule has 0 fully saturated rings. The van der Waals surface area contributed by atoms with Crippen LogP contribution in [0.25, 0.3) is 11.0 Å². The topological polar surface area (TPSA) is 48.7 Å². The van der Waals surface area contributed by atoms with Crippen LogP contribution >= 0.6 is 22.6 Å². The van der Waals surface area contributed by atoms with Crippen LogP contribution in [0.4, 0.5) is 0 Å². The SMILES string of the molecule is COc1cc2ccc(=O)oc2cc1OCCI. The fourth-order valence-electron chi connectivity index (χ4n) is 1.50. The van der Waals surface area contributed by atoms with Crippen LogP contribution in [-0.2, 0) is 0 Å². The Labute approximate surface area is 112 Å². The molecule has 0 aliphatic heterocycles. The highest BCUT2D eigenvalue weighted by molar-refractivity contribution is 14.1. The van der Waals surface area contributed by atoms with Crippen molar-refractivity contribution < 1.29 is 13.9 Å². The molecule has 0 radical (unpaired) electrons. The summed E-state index contributed by atoms with van der Waals surface area (Å²) in [5.74, 6) is 1.22. The van der Waals surface area contributed by atoms with Crippen molar-refractivity contribution in [2.45, 2.75) is 0 Å². The number of methoxy groups -OCH3 is 1. The van der Waals surface area contributed by atoms with E-state index in [1.807, 2.05) is 0 Å². The Morgan fingerprint density at radius 2 is 2.12 bits per heavy atom. The molecule has 0 saturated heterocycles. The third-order valence-electron chi connectivity index (χ3n) is 2.24. The van der Waals surface area contributed by atoms with Crippen molar-refractivity contribution in [2.24, 2.45) is 0 Å². The summed E-state index contributed by atoms with van der Waals surface area (Å²) in [6.45, 7) is 0.583. The van der Waals surface area contributed by atoms with Crippen LogP contribution < -0.4 is 15.1 Å². The molecule has 1 heterocycles. The summed E-state index contributed by atoms with van der Waals surface area (Å²) in [5.41, 5.74) is 0.129. The first-order valence-corrected chi connectivity index (χ1v) is 6.58. The summed E-state index contributed by atoms with van der Waals surface area (Å²) in [4.78, 5) is 11.1. The second-order valence-electron chi connectivity index (χ2n) is 3.33. The van der Waals surface area contributed by atoms with Gasteiger partial charge in [0.05, 0.1) is 13.7 Å². The molecular weight excluding hydrogens is 335 g/mol. The van der Waals surface area contributed by atoms with Gasteiger partial charge in [0.25, 0.3) is 0 Å². The number of benzene rings is 1. The van der Waals surface area contributed by atoms with Gasteiger partial charge in [0.1, 0.15) is 5.58 Å². The largest absolute Gasteiger partial charge is 0.493 e. The van der Waals surface area contributed by atoms with E-state index >= 15 is 0 Å². The smallest absolute Gasteiger partial charge is 0.336 e. The van der Waals surface area contributed by atoms with E-state index in [4.69, 9.17) is 13.9 Å². The van der Waals surface area contributed by atoms with Crippen LogP contribution in [0.15, 0.2) is 33.5 Å². The van der Waals surface area contributed by atoms with Crippen LogP contribution in [0.1, 0.15) is 0 Å². The van der Waals surface area contributed by atoms with Gasteiger partial charge in [0.15, 0.2) is 11.5 Å². The minimum Gasteiger partial charge on any atom is -0.493 e. The second kappa shape index (κ2) is 5.39. The van der Waals surface area contributed by atoms with E-state index in [9.17, 15) is 4.79 Å². The lowest BCUT2D eigenvalue weighted by Crippen LogP contribution is -2.01. The predicted octanol–water partition coefficient (Wildman–Crippen LogP) is 2.62. The van der Waals surface area contributed by atoms with Crippen molar-refractivity contribution in [1.29, 1.82) is 0 Å². The molecule has 0 unspecified atom stereocenters. The molecule has 2 aromatic rings. The van der Waals surface area contributed by atoms with Gasteiger partial charge in [-0.3, -0.25) is 0 Å². The fraction of sp³-hybridized carbons (Fsp3) is 0.250. The third kappa shape index (κ3) is 2.71.